The second kappa shape index (κ2) is 11.5. The van der Waals surface area contributed by atoms with Crippen LogP contribution in [0, 0.1) is 5.92 Å². The van der Waals surface area contributed by atoms with E-state index in [-0.39, 0.29) is 34.9 Å². The summed E-state index contributed by atoms with van der Waals surface area (Å²) in [6.07, 6.45) is 0.176. The molecule has 0 unspecified atom stereocenters. The van der Waals surface area contributed by atoms with Crippen LogP contribution in [0.1, 0.15) is 47.4 Å². The number of fused-ring (bicyclic) bond motifs is 2. The number of nitrogens with zero attached hydrogens (tertiary/aromatic N) is 1. The number of carbonyl (C=O) groups is 4. The van der Waals surface area contributed by atoms with Crippen molar-refractivity contribution in [1.29, 1.82) is 0 Å². The molecule has 1 aliphatic rings. The number of nitrogens with two attached hydrogens (primary N) is 1. The van der Waals surface area contributed by atoms with Crippen molar-refractivity contribution < 1.29 is 32.7 Å². The van der Waals surface area contributed by atoms with E-state index in [1.54, 1.807) is 12.1 Å². The van der Waals surface area contributed by atoms with Crippen LogP contribution in [0.25, 0.3) is 10.8 Å². The van der Waals surface area contributed by atoms with Crippen molar-refractivity contribution in [2.24, 2.45) is 11.1 Å². The van der Waals surface area contributed by atoms with Gasteiger partial charge in [-0.1, -0.05) is 38.1 Å². The van der Waals surface area contributed by atoms with Gasteiger partial charge in [0.15, 0.2) is 0 Å². The zero-order chi connectivity index (χ0) is 29.2. The number of imide groups is 1. The van der Waals surface area contributed by atoms with Gasteiger partial charge in [0.1, 0.15) is 6.04 Å². The molecule has 210 valence electrons. The van der Waals surface area contributed by atoms with Gasteiger partial charge in [-0.25, -0.2) is 13.6 Å². The number of anilines is 1. The number of amides is 3. The van der Waals surface area contributed by atoms with Gasteiger partial charge in [0.2, 0.25) is 15.9 Å². The molecule has 3 amide bonds. The highest BCUT2D eigenvalue weighted by Gasteiger charge is 2.37. The minimum Gasteiger partial charge on any atom is -0.480 e. The fourth-order valence-corrected chi connectivity index (χ4v) is 5.15. The molecule has 3 aromatic rings. The largest absolute Gasteiger partial charge is 0.480 e. The van der Waals surface area contributed by atoms with Crippen LogP contribution in [0.2, 0.25) is 0 Å². The SMILES string of the molecule is CC(C)C[C@H](N[C@H](CCN1C(=O)c2cc3ccccc3cc2C1=O)C(=O)O)C(=O)Nc1ccc(S(N)(=O)=O)cc1. The average Bonchev–Trinajstić information content (AvgIpc) is 3.12. The average molecular weight is 567 g/mol. The lowest BCUT2D eigenvalue weighted by molar-refractivity contribution is -0.140. The first-order chi connectivity index (χ1) is 18.8. The molecule has 12 heteroatoms. The first-order valence-corrected chi connectivity index (χ1v) is 14.2. The van der Waals surface area contributed by atoms with Crippen LogP contribution in [0.5, 0.6) is 0 Å². The summed E-state index contributed by atoms with van der Waals surface area (Å²) in [6.45, 7) is 3.60. The summed E-state index contributed by atoms with van der Waals surface area (Å²) in [7, 11) is -3.90. The molecule has 0 saturated heterocycles. The van der Waals surface area contributed by atoms with Crippen LogP contribution in [-0.4, -0.2) is 60.7 Å². The van der Waals surface area contributed by atoms with E-state index in [0.717, 1.165) is 15.7 Å². The molecule has 40 heavy (non-hydrogen) atoms. The van der Waals surface area contributed by atoms with Gasteiger partial charge in [-0.2, -0.15) is 0 Å². The molecule has 0 bridgehead atoms. The third-order valence-corrected chi connectivity index (χ3v) is 7.58. The van der Waals surface area contributed by atoms with Crippen molar-refractivity contribution in [2.45, 2.75) is 43.7 Å². The zero-order valence-electron chi connectivity index (χ0n) is 22.0. The Morgan fingerprint density at radius 3 is 1.95 bits per heavy atom. The van der Waals surface area contributed by atoms with E-state index in [4.69, 9.17) is 5.14 Å². The van der Waals surface area contributed by atoms with E-state index in [2.05, 4.69) is 10.6 Å². The molecule has 1 heterocycles. The van der Waals surface area contributed by atoms with Gasteiger partial charge >= 0.3 is 5.97 Å². The van der Waals surface area contributed by atoms with E-state index in [9.17, 15) is 32.7 Å². The number of sulfonamides is 1. The van der Waals surface area contributed by atoms with Crippen molar-refractivity contribution >= 4 is 50.2 Å². The van der Waals surface area contributed by atoms with Crippen LogP contribution < -0.4 is 15.8 Å². The maximum Gasteiger partial charge on any atom is 0.320 e. The molecule has 2 atom stereocenters. The maximum absolute atomic E-state index is 13.1. The standard InChI is InChI=1S/C28H30N4O7S/c1-16(2)13-24(25(33)30-19-7-9-20(10-8-19)40(29,38)39)31-23(28(36)37)11-12-32-26(34)21-14-17-5-3-4-6-18(17)15-22(21)27(32)35/h3-10,14-16,23-24,31H,11-13H2,1-2H3,(H,30,33)(H,36,37)(H2,29,38,39)/t23-,24+/m1/s1. The van der Waals surface area contributed by atoms with Gasteiger partial charge in [-0.3, -0.25) is 29.4 Å². The van der Waals surface area contributed by atoms with Gasteiger partial charge < -0.3 is 10.4 Å². The predicted molar refractivity (Wildman–Crippen MR) is 148 cm³/mol. The molecule has 0 aliphatic carbocycles. The number of aliphatic carboxylic acids is 1. The normalized spacial score (nSPS) is 14.8. The van der Waals surface area contributed by atoms with Crippen LogP contribution in [0.4, 0.5) is 5.69 Å². The Morgan fingerprint density at radius 2 is 1.48 bits per heavy atom. The number of hydrogen-bond donors (Lipinski definition) is 4. The Balaban J connectivity index is 1.46. The lowest BCUT2D eigenvalue weighted by Crippen LogP contribution is -2.50. The van der Waals surface area contributed by atoms with Crippen molar-refractivity contribution in [3.8, 4) is 0 Å². The van der Waals surface area contributed by atoms with Gasteiger partial charge in [0.25, 0.3) is 11.8 Å². The Bertz CT molecular complexity index is 1530. The van der Waals surface area contributed by atoms with Crippen molar-refractivity contribution in [3.63, 3.8) is 0 Å². The summed E-state index contributed by atoms with van der Waals surface area (Å²) in [4.78, 5) is 52.2. The maximum atomic E-state index is 13.1. The molecular formula is C28H30N4O7S. The van der Waals surface area contributed by atoms with Gasteiger partial charge in [0, 0.05) is 12.2 Å². The Morgan fingerprint density at radius 1 is 0.925 bits per heavy atom. The van der Waals surface area contributed by atoms with Crippen molar-refractivity contribution in [2.75, 3.05) is 11.9 Å². The molecule has 4 rings (SSSR count). The molecule has 0 aromatic heterocycles. The minimum atomic E-state index is -3.90. The Hall–Kier alpha value is -4.13. The van der Waals surface area contributed by atoms with E-state index in [1.807, 2.05) is 38.1 Å². The summed E-state index contributed by atoms with van der Waals surface area (Å²) >= 11 is 0. The van der Waals surface area contributed by atoms with E-state index in [1.165, 1.54) is 24.3 Å². The number of rotatable bonds is 11. The van der Waals surface area contributed by atoms with Crippen molar-refractivity contribution in [3.05, 3.63) is 71.8 Å². The number of benzene rings is 3. The molecule has 3 aromatic carbocycles. The first kappa shape index (κ1) is 28.9. The quantitative estimate of drug-likeness (QED) is 0.256. The zero-order valence-corrected chi connectivity index (χ0v) is 22.8. The van der Waals surface area contributed by atoms with Crippen LogP contribution in [0.15, 0.2) is 65.6 Å². The van der Waals surface area contributed by atoms with E-state index in [0.29, 0.717) is 12.1 Å². The second-order valence-electron chi connectivity index (χ2n) is 10.1. The Kier molecular flexibility index (Phi) is 8.33. The monoisotopic (exact) mass is 566 g/mol. The number of carbonyl (C=O) groups excluding carboxylic acids is 3. The summed E-state index contributed by atoms with van der Waals surface area (Å²) in [5, 5.41) is 22.2. The van der Waals surface area contributed by atoms with Gasteiger partial charge in [-0.15, -0.1) is 0 Å². The van der Waals surface area contributed by atoms with E-state index < -0.39 is 45.8 Å². The van der Waals surface area contributed by atoms with Crippen molar-refractivity contribution in [1.82, 2.24) is 10.2 Å². The Labute approximate surface area is 231 Å². The minimum absolute atomic E-state index is 0.0211. The molecule has 0 saturated carbocycles. The highest BCUT2D eigenvalue weighted by atomic mass is 32.2. The topological polar surface area (TPSA) is 176 Å². The third-order valence-electron chi connectivity index (χ3n) is 6.65. The number of hydrogen-bond acceptors (Lipinski definition) is 7. The molecule has 5 N–H and O–H groups in total. The van der Waals surface area contributed by atoms with E-state index >= 15 is 0 Å². The number of nitrogens with one attached hydrogen (secondary N) is 2. The summed E-state index contributed by atoms with van der Waals surface area (Å²) in [5.41, 5.74) is 0.848. The number of carboxylic acid groups (broad SMARTS) is 1. The first-order valence-electron chi connectivity index (χ1n) is 12.7. The molecular weight excluding hydrogens is 536 g/mol. The number of primary sulfonamides is 1. The molecule has 11 nitrogen and oxygen atoms in total. The molecule has 0 spiro atoms. The third kappa shape index (κ3) is 6.36. The molecule has 0 radical (unpaired) electrons. The van der Waals surface area contributed by atoms with Gasteiger partial charge in [0.05, 0.1) is 22.1 Å². The summed E-state index contributed by atoms with van der Waals surface area (Å²) in [6, 6.07) is 13.8. The van der Waals surface area contributed by atoms with Crippen LogP contribution in [0.3, 0.4) is 0 Å². The summed E-state index contributed by atoms with van der Waals surface area (Å²) in [5.74, 6) is -2.71. The lowest BCUT2D eigenvalue weighted by Gasteiger charge is -2.25. The molecule has 1 aliphatic heterocycles. The number of carboxylic acids is 1. The van der Waals surface area contributed by atoms with Crippen LogP contribution >= 0.6 is 0 Å². The second-order valence-corrected chi connectivity index (χ2v) is 11.7. The van der Waals surface area contributed by atoms with Crippen LogP contribution in [-0.2, 0) is 19.6 Å². The van der Waals surface area contributed by atoms with Gasteiger partial charge in [-0.05, 0) is 65.9 Å². The fourth-order valence-electron chi connectivity index (χ4n) is 4.64. The highest BCUT2D eigenvalue weighted by molar-refractivity contribution is 7.89. The summed E-state index contributed by atoms with van der Waals surface area (Å²) < 4.78 is 23.0. The predicted octanol–water partition coefficient (Wildman–Crippen LogP) is 2.57. The lowest BCUT2D eigenvalue weighted by atomic mass is 10.0. The molecule has 0 fully saturated rings. The highest BCUT2D eigenvalue weighted by Crippen LogP contribution is 2.28. The fraction of sp³-hybridized carbons (Fsp3) is 0.286. The smallest absolute Gasteiger partial charge is 0.320 e.